The molecule has 0 aliphatic heterocycles. The van der Waals surface area contributed by atoms with E-state index in [0.717, 1.165) is 33.8 Å². The first-order valence-electron chi connectivity index (χ1n) is 9.42. The first-order valence-corrected chi connectivity index (χ1v) is 9.79. The SMILES string of the molecule is Cc1ccc(COc2ccc(-c3c(Cl)nc(-c4ccc(F)nc4)n3C)c(C)c2)nc1. The Hall–Kier alpha value is -3.25. The van der Waals surface area contributed by atoms with E-state index < -0.39 is 5.95 Å². The summed E-state index contributed by atoms with van der Waals surface area (Å²) in [6.45, 7) is 4.39. The number of rotatable bonds is 5. The third-order valence-corrected chi connectivity index (χ3v) is 5.11. The number of benzene rings is 1. The molecule has 0 unspecified atom stereocenters. The highest BCUT2D eigenvalue weighted by atomic mass is 35.5. The second-order valence-electron chi connectivity index (χ2n) is 7.10. The number of halogens is 2. The van der Waals surface area contributed by atoms with Crippen LogP contribution in [-0.2, 0) is 13.7 Å². The number of hydrogen-bond donors (Lipinski definition) is 0. The molecule has 30 heavy (non-hydrogen) atoms. The third kappa shape index (κ3) is 4.04. The maximum atomic E-state index is 13.2. The van der Waals surface area contributed by atoms with E-state index in [-0.39, 0.29) is 0 Å². The number of imidazole rings is 1. The molecule has 0 spiro atoms. The Morgan fingerprint density at radius 3 is 2.53 bits per heavy atom. The van der Waals surface area contributed by atoms with Gasteiger partial charge in [-0.05, 0) is 61.4 Å². The van der Waals surface area contributed by atoms with Crippen LogP contribution < -0.4 is 4.74 Å². The van der Waals surface area contributed by atoms with Crippen molar-refractivity contribution in [1.29, 1.82) is 0 Å². The molecule has 0 fully saturated rings. The monoisotopic (exact) mass is 422 g/mol. The molecule has 0 saturated heterocycles. The molecule has 1 aromatic carbocycles. The Bertz CT molecular complexity index is 1190. The van der Waals surface area contributed by atoms with Crippen LogP contribution in [0, 0.1) is 19.8 Å². The number of ether oxygens (including phenoxy) is 1. The third-order valence-electron chi connectivity index (χ3n) is 4.85. The summed E-state index contributed by atoms with van der Waals surface area (Å²) in [5.41, 5.74) is 5.39. The minimum absolute atomic E-state index is 0.373. The van der Waals surface area contributed by atoms with Gasteiger partial charge >= 0.3 is 0 Å². The number of nitrogens with zero attached hydrogens (tertiary/aromatic N) is 4. The Balaban J connectivity index is 1.60. The quantitative estimate of drug-likeness (QED) is 0.397. The average Bonchev–Trinajstić information content (AvgIpc) is 3.02. The van der Waals surface area contributed by atoms with Crippen molar-refractivity contribution in [2.45, 2.75) is 20.5 Å². The fraction of sp³-hybridized carbons (Fsp3) is 0.174. The van der Waals surface area contributed by atoms with Crippen LogP contribution in [0.1, 0.15) is 16.8 Å². The lowest BCUT2D eigenvalue weighted by Gasteiger charge is -2.12. The van der Waals surface area contributed by atoms with Crippen molar-refractivity contribution in [1.82, 2.24) is 19.5 Å². The molecule has 0 aliphatic carbocycles. The van der Waals surface area contributed by atoms with Crippen molar-refractivity contribution in [2.75, 3.05) is 0 Å². The minimum Gasteiger partial charge on any atom is -0.487 e. The highest BCUT2D eigenvalue weighted by molar-refractivity contribution is 6.32. The molecule has 0 aliphatic rings. The standard InChI is InChI=1S/C23H20ClFN4O/c1-14-4-6-17(26-11-14)13-30-18-7-8-19(15(2)10-18)21-22(24)28-23(29(21)3)16-5-9-20(25)27-12-16/h4-12H,13H2,1-3H3. The van der Waals surface area contributed by atoms with Gasteiger partial charge in [0.2, 0.25) is 5.95 Å². The van der Waals surface area contributed by atoms with Crippen LogP contribution in [0.3, 0.4) is 0 Å². The molecule has 0 bridgehead atoms. The van der Waals surface area contributed by atoms with Crippen molar-refractivity contribution in [3.05, 3.63) is 82.8 Å². The van der Waals surface area contributed by atoms with Gasteiger partial charge in [0.05, 0.1) is 11.4 Å². The van der Waals surface area contributed by atoms with E-state index in [9.17, 15) is 4.39 Å². The predicted octanol–water partition coefficient (Wildman–Crippen LogP) is 5.53. The molecular formula is C23H20ClFN4O. The van der Waals surface area contributed by atoms with Crippen molar-refractivity contribution >= 4 is 11.6 Å². The summed E-state index contributed by atoms with van der Waals surface area (Å²) in [7, 11) is 1.87. The topological polar surface area (TPSA) is 52.8 Å². The average molecular weight is 423 g/mol. The van der Waals surface area contributed by atoms with E-state index in [1.807, 2.05) is 62.0 Å². The Morgan fingerprint density at radius 1 is 1.03 bits per heavy atom. The summed E-state index contributed by atoms with van der Waals surface area (Å²) in [4.78, 5) is 12.5. The molecule has 0 radical (unpaired) electrons. The van der Waals surface area contributed by atoms with Crippen LogP contribution >= 0.6 is 11.6 Å². The second-order valence-corrected chi connectivity index (χ2v) is 7.45. The lowest BCUT2D eigenvalue weighted by atomic mass is 10.1. The van der Waals surface area contributed by atoms with Crippen molar-refractivity contribution in [3.63, 3.8) is 0 Å². The van der Waals surface area contributed by atoms with Crippen LogP contribution in [0.5, 0.6) is 5.75 Å². The number of hydrogen-bond acceptors (Lipinski definition) is 4. The molecule has 5 nitrogen and oxygen atoms in total. The van der Waals surface area contributed by atoms with Crippen molar-refractivity contribution < 1.29 is 9.13 Å². The summed E-state index contributed by atoms with van der Waals surface area (Å²) in [6.07, 6.45) is 3.27. The first kappa shape index (κ1) is 20.0. The zero-order valence-electron chi connectivity index (χ0n) is 16.9. The van der Waals surface area contributed by atoms with Crippen molar-refractivity contribution in [2.24, 2.45) is 7.05 Å². The van der Waals surface area contributed by atoms with E-state index in [1.54, 1.807) is 6.07 Å². The van der Waals surface area contributed by atoms with Crippen LogP contribution in [0.4, 0.5) is 4.39 Å². The molecule has 152 valence electrons. The minimum atomic E-state index is -0.536. The zero-order valence-corrected chi connectivity index (χ0v) is 17.6. The molecule has 0 atom stereocenters. The van der Waals surface area contributed by atoms with Crippen molar-refractivity contribution in [3.8, 4) is 28.4 Å². The largest absolute Gasteiger partial charge is 0.487 e. The molecule has 0 N–H and O–H groups in total. The zero-order chi connectivity index (χ0) is 21.3. The van der Waals surface area contributed by atoms with Crippen LogP contribution in [0.2, 0.25) is 5.15 Å². The summed E-state index contributed by atoms with van der Waals surface area (Å²) in [5, 5.41) is 0.373. The number of aryl methyl sites for hydroxylation is 2. The number of aromatic nitrogens is 4. The van der Waals surface area contributed by atoms with Gasteiger partial charge in [0.25, 0.3) is 0 Å². The summed E-state index contributed by atoms with van der Waals surface area (Å²) < 4.78 is 20.9. The Labute approximate surface area is 179 Å². The maximum Gasteiger partial charge on any atom is 0.212 e. The fourth-order valence-electron chi connectivity index (χ4n) is 3.26. The van der Waals surface area contributed by atoms with Gasteiger partial charge in [-0.2, -0.15) is 4.39 Å². The van der Waals surface area contributed by atoms with E-state index in [0.29, 0.717) is 23.1 Å². The van der Waals surface area contributed by atoms with Gasteiger partial charge in [0.15, 0.2) is 5.15 Å². The van der Waals surface area contributed by atoms with Crippen LogP contribution in [0.25, 0.3) is 22.6 Å². The highest BCUT2D eigenvalue weighted by Gasteiger charge is 2.18. The summed E-state index contributed by atoms with van der Waals surface area (Å²) >= 11 is 6.47. The molecule has 0 amide bonds. The van der Waals surface area contributed by atoms with E-state index in [1.165, 1.54) is 12.3 Å². The van der Waals surface area contributed by atoms with Gasteiger partial charge in [-0.3, -0.25) is 4.98 Å². The smallest absolute Gasteiger partial charge is 0.212 e. The van der Waals surface area contributed by atoms with Gasteiger partial charge in [-0.15, -0.1) is 0 Å². The van der Waals surface area contributed by atoms with Crippen LogP contribution in [0.15, 0.2) is 54.9 Å². The van der Waals surface area contributed by atoms with E-state index in [4.69, 9.17) is 16.3 Å². The van der Waals surface area contributed by atoms with Gasteiger partial charge in [0, 0.05) is 30.6 Å². The normalized spacial score (nSPS) is 11.0. The Morgan fingerprint density at radius 2 is 1.87 bits per heavy atom. The molecule has 4 rings (SSSR count). The van der Waals surface area contributed by atoms with Gasteiger partial charge < -0.3 is 9.30 Å². The highest BCUT2D eigenvalue weighted by Crippen LogP contribution is 2.35. The van der Waals surface area contributed by atoms with E-state index in [2.05, 4.69) is 15.0 Å². The lowest BCUT2D eigenvalue weighted by molar-refractivity contribution is 0.301. The van der Waals surface area contributed by atoms with Gasteiger partial charge in [-0.25, -0.2) is 9.97 Å². The molecule has 4 aromatic rings. The van der Waals surface area contributed by atoms with Crippen LogP contribution in [-0.4, -0.2) is 19.5 Å². The maximum absolute atomic E-state index is 13.2. The molecule has 3 heterocycles. The summed E-state index contributed by atoms with van der Waals surface area (Å²) in [5.74, 6) is 0.832. The van der Waals surface area contributed by atoms with Gasteiger partial charge in [-0.1, -0.05) is 17.7 Å². The molecule has 3 aromatic heterocycles. The molecular weight excluding hydrogens is 403 g/mol. The predicted molar refractivity (Wildman–Crippen MR) is 115 cm³/mol. The molecule has 0 saturated carbocycles. The first-order chi connectivity index (χ1) is 14.4. The fourth-order valence-corrected chi connectivity index (χ4v) is 3.56. The number of pyridine rings is 2. The van der Waals surface area contributed by atoms with E-state index >= 15 is 0 Å². The molecule has 7 heteroatoms. The second kappa shape index (κ2) is 8.24. The Kier molecular flexibility index (Phi) is 5.50. The van der Waals surface area contributed by atoms with Gasteiger partial charge in [0.1, 0.15) is 18.2 Å². The summed E-state index contributed by atoms with van der Waals surface area (Å²) in [6, 6.07) is 12.7. The lowest BCUT2D eigenvalue weighted by Crippen LogP contribution is -2.00.